The maximum atomic E-state index is 4.83. The van der Waals surface area contributed by atoms with E-state index in [4.69, 9.17) is 4.98 Å². The predicted molar refractivity (Wildman–Crippen MR) is 79.6 cm³/mol. The van der Waals surface area contributed by atoms with E-state index in [0.29, 0.717) is 6.04 Å². The number of fused-ring (bicyclic) bond motifs is 1. The summed E-state index contributed by atoms with van der Waals surface area (Å²) >= 11 is 0. The maximum Gasteiger partial charge on any atom is 0.206 e. The molecule has 102 valence electrons. The van der Waals surface area contributed by atoms with E-state index in [1.54, 1.807) is 0 Å². The molecular weight excluding hydrogens is 236 g/mol. The number of likely N-dealkylation sites (N-methyl/N-ethyl adjacent to an activating group) is 1. The molecule has 3 rings (SSSR count). The minimum atomic E-state index is 0.564. The zero-order valence-electron chi connectivity index (χ0n) is 11.8. The predicted octanol–water partition coefficient (Wildman–Crippen LogP) is 2.15. The lowest BCUT2D eigenvalue weighted by molar-refractivity contribution is 0.437. The SMILES string of the molecule is CNCC1CCCCN1c1nc2ccccc2n1C. The van der Waals surface area contributed by atoms with Gasteiger partial charge in [-0.3, -0.25) is 0 Å². The fourth-order valence-corrected chi connectivity index (χ4v) is 3.10. The van der Waals surface area contributed by atoms with Gasteiger partial charge >= 0.3 is 0 Å². The van der Waals surface area contributed by atoms with Crippen LogP contribution in [0.25, 0.3) is 11.0 Å². The summed E-state index contributed by atoms with van der Waals surface area (Å²) in [5, 5.41) is 3.31. The number of imidazole rings is 1. The first kappa shape index (κ1) is 12.5. The average Bonchev–Trinajstić information content (AvgIpc) is 2.78. The largest absolute Gasteiger partial charge is 0.338 e. The Morgan fingerprint density at radius 2 is 2.16 bits per heavy atom. The summed E-state index contributed by atoms with van der Waals surface area (Å²) in [5.41, 5.74) is 2.31. The lowest BCUT2D eigenvalue weighted by Gasteiger charge is -2.36. The van der Waals surface area contributed by atoms with Crippen molar-refractivity contribution < 1.29 is 0 Å². The van der Waals surface area contributed by atoms with E-state index in [2.05, 4.69) is 46.1 Å². The third-order valence-corrected chi connectivity index (χ3v) is 4.09. The third-order valence-electron chi connectivity index (χ3n) is 4.09. The zero-order chi connectivity index (χ0) is 13.2. The van der Waals surface area contributed by atoms with Crippen LogP contribution >= 0.6 is 0 Å². The van der Waals surface area contributed by atoms with Crippen molar-refractivity contribution in [3.63, 3.8) is 0 Å². The van der Waals surface area contributed by atoms with Crippen molar-refractivity contribution in [2.75, 3.05) is 25.0 Å². The molecule has 1 atom stereocenters. The minimum absolute atomic E-state index is 0.564. The summed E-state index contributed by atoms with van der Waals surface area (Å²) in [5.74, 6) is 1.11. The van der Waals surface area contributed by atoms with Crippen LogP contribution < -0.4 is 10.2 Å². The van der Waals surface area contributed by atoms with E-state index in [1.165, 1.54) is 24.8 Å². The van der Waals surface area contributed by atoms with Crippen LogP contribution in [0.5, 0.6) is 0 Å². The number of rotatable bonds is 3. The Kier molecular flexibility index (Phi) is 3.42. The first-order chi connectivity index (χ1) is 9.31. The van der Waals surface area contributed by atoms with Crippen molar-refractivity contribution in [3.8, 4) is 0 Å². The third kappa shape index (κ3) is 2.21. The van der Waals surface area contributed by atoms with Crippen LogP contribution in [-0.2, 0) is 7.05 Å². The van der Waals surface area contributed by atoms with Crippen molar-refractivity contribution in [1.82, 2.24) is 14.9 Å². The number of aryl methyl sites for hydroxylation is 1. The topological polar surface area (TPSA) is 33.1 Å². The smallest absolute Gasteiger partial charge is 0.206 e. The van der Waals surface area contributed by atoms with Crippen LogP contribution in [0.3, 0.4) is 0 Å². The molecule has 1 aliphatic heterocycles. The second-order valence-electron chi connectivity index (χ2n) is 5.36. The molecule has 0 spiro atoms. The number of hydrogen-bond donors (Lipinski definition) is 1. The van der Waals surface area contributed by atoms with Gasteiger partial charge in [-0.15, -0.1) is 0 Å². The molecule has 4 heteroatoms. The van der Waals surface area contributed by atoms with Gasteiger partial charge < -0.3 is 14.8 Å². The zero-order valence-corrected chi connectivity index (χ0v) is 11.8. The number of anilines is 1. The van der Waals surface area contributed by atoms with E-state index in [9.17, 15) is 0 Å². The van der Waals surface area contributed by atoms with Crippen LogP contribution in [0, 0.1) is 0 Å². The maximum absolute atomic E-state index is 4.83. The molecule has 1 aromatic carbocycles. The molecule has 1 unspecified atom stereocenters. The van der Waals surface area contributed by atoms with Crippen LogP contribution in [0.15, 0.2) is 24.3 Å². The number of benzene rings is 1. The number of nitrogens with one attached hydrogen (secondary N) is 1. The van der Waals surface area contributed by atoms with Crippen LogP contribution in [-0.4, -0.2) is 35.7 Å². The highest BCUT2D eigenvalue weighted by Gasteiger charge is 2.25. The summed E-state index contributed by atoms with van der Waals surface area (Å²) in [6, 6.07) is 8.93. The van der Waals surface area contributed by atoms with Gasteiger partial charge in [-0.05, 0) is 38.4 Å². The molecule has 1 N–H and O–H groups in total. The van der Waals surface area contributed by atoms with Gasteiger partial charge in [0.05, 0.1) is 11.0 Å². The van der Waals surface area contributed by atoms with Crippen molar-refractivity contribution in [2.24, 2.45) is 7.05 Å². The van der Waals surface area contributed by atoms with E-state index >= 15 is 0 Å². The normalized spacial score (nSPS) is 20.1. The van der Waals surface area contributed by atoms with Gasteiger partial charge in [-0.1, -0.05) is 12.1 Å². The molecule has 1 saturated heterocycles. The molecule has 0 amide bonds. The van der Waals surface area contributed by atoms with Crippen LogP contribution in [0.1, 0.15) is 19.3 Å². The first-order valence-electron chi connectivity index (χ1n) is 7.14. The highest BCUT2D eigenvalue weighted by molar-refractivity contribution is 5.78. The number of aromatic nitrogens is 2. The van der Waals surface area contributed by atoms with Gasteiger partial charge in [0.1, 0.15) is 0 Å². The molecule has 19 heavy (non-hydrogen) atoms. The van der Waals surface area contributed by atoms with Crippen molar-refractivity contribution >= 4 is 17.0 Å². The number of nitrogens with zero attached hydrogens (tertiary/aromatic N) is 3. The van der Waals surface area contributed by atoms with Gasteiger partial charge in [0.2, 0.25) is 5.95 Å². The summed E-state index contributed by atoms with van der Waals surface area (Å²) < 4.78 is 2.23. The Morgan fingerprint density at radius 3 is 2.95 bits per heavy atom. The van der Waals surface area contributed by atoms with Gasteiger partial charge in [0.15, 0.2) is 0 Å². The van der Waals surface area contributed by atoms with Crippen molar-refractivity contribution in [3.05, 3.63) is 24.3 Å². The van der Waals surface area contributed by atoms with E-state index < -0.39 is 0 Å². The molecular formula is C15H22N4. The van der Waals surface area contributed by atoms with E-state index in [1.807, 2.05) is 7.05 Å². The summed E-state index contributed by atoms with van der Waals surface area (Å²) in [6.45, 7) is 2.15. The van der Waals surface area contributed by atoms with Gasteiger partial charge in [-0.25, -0.2) is 4.98 Å². The Balaban J connectivity index is 1.99. The molecule has 0 aliphatic carbocycles. The van der Waals surface area contributed by atoms with E-state index in [0.717, 1.165) is 24.6 Å². The molecule has 0 bridgehead atoms. The fraction of sp³-hybridized carbons (Fsp3) is 0.533. The Morgan fingerprint density at radius 1 is 1.32 bits per heavy atom. The second-order valence-corrected chi connectivity index (χ2v) is 5.36. The Hall–Kier alpha value is -1.55. The Bertz CT molecular complexity index is 558. The van der Waals surface area contributed by atoms with Gasteiger partial charge in [0.25, 0.3) is 0 Å². The molecule has 2 heterocycles. The van der Waals surface area contributed by atoms with E-state index in [-0.39, 0.29) is 0 Å². The van der Waals surface area contributed by atoms with Crippen molar-refractivity contribution in [2.45, 2.75) is 25.3 Å². The van der Waals surface area contributed by atoms with Gasteiger partial charge in [0, 0.05) is 26.2 Å². The number of para-hydroxylation sites is 2. The lowest BCUT2D eigenvalue weighted by Crippen LogP contribution is -2.46. The van der Waals surface area contributed by atoms with Crippen LogP contribution in [0.4, 0.5) is 5.95 Å². The fourth-order valence-electron chi connectivity index (χ4n) is 3.10. The highest BCUT2D eigenvalue weighted by atomic mass is 15.3. The molecule has 4 nitrogen and oxygen atoms in total. The molecule has 1 fully saturated rings. The number of hydrogen-bond acceptors (Lipinski definition) is 3. The Labute approximate surface area is 114 Å². The standard InChI is InChI=1S/C15H22N4/c1-16-11-12-7-5-6-10-19(12)15-17-13-8-3-4-9-14(13)18(15)2/h3-4,8-9,12,16H,5-7,10-11H2,1-2H3. The molecule has 2 aromatic rings. The molecule has 1 aromatic heterocycles. The monoisotopic (exact) mass is 258 g/mol. The molecule has 0 saturated carbocycles. The quantitative estimate of drug-likeness (QED) is 0.916. The second kappa shape index (κ2) is 5.21. The summed E-state index contributed by atoms with van der Waals surface area (Å²) in [7, 11) is 4.15. The number of piperidine rings is 1. The van der Waals surface area contributed by atoms with Gasteiger partial charge in [-0.2, -0.15) is 0 Å². The lowest BCUT2D eigenvalue weighted by atomic mass is 10.0. The summed E-state index contributed by atoms with van der Waals surface area (Å²) in [4.78, 5) is 7.30. The molecule has 1 aliphatic rings. The average molecular weight is 258 g/mol. The summed E-state index contributed by atoms with van der Waals surface area (Å²) in [6.07, 6.45) is 3.85. The minimum Gasteiger partial charge on any atom is -0.338 e. The van der Waals surface area contributed by atoms with Crippen molar-refractivity contribution in [1.29, 1.82) is 0 Å². The van der Waals surface area contributed by atoms with Crippen LogP contribution in [0.2, 0.25) is 0 Å². The molecule has 0 radical (unpaired) electrons. The first-order valence-corrected chi connectivity index (χ1v) is 7.14. The highest BCUT2D eigenvalue weighted by Crippen LogP contribution is 2.26.